The number of alkyl carbamates (subject to hydrolysis) is 1. The van der Waals surface area contributed by atoms with E-state index in [0.717, 1.165) is 0 Å². The molecule has 0 spiro atoms. The van der Waals surface area contributed by atoms with Crippen LogP contribution < -0.4 is 5.32 Å². The average Bonchev–Trinajstić information content (AvgIpc) is 3.18. The fourth-order valence-corrected chi connectivity index (χ4v) is 10.8. The number of Topliss-reactive ketones (excluding diaryl/α,β-unsaturated/α-hetero) is 1. The summed E-state index contributed by atoms with van der Waals surface area (Å²) in [5.74, 6) is -5.95. The minimum absolute atomic E-state index is 0.159. The number of ketones is 1. The predicted molar refractivity (Wildman–Crippen MR) is 216 cm³/mol. The van der Waals surface area contributed by atoms with Gasteiger partial charge in [0.1, 0.15) is 29.0 Å². The molecule has 60 heavy (non-hydrogen) atoms. The summed E-state index contributed by atoms with van der Waals surface area (Å²) in [5, 5.41) is 39.2. The normalized spacial score (nSPS) is 33.0. The third-order valence-corrected chi connectivity index (χ3v) is 13.7. The molecule has 2 aromatic rings. The Bertz CT molecular complexity index is 2010. The van der Waals surface area contributed by atoms with Crippen LogP contribution in [0.3, 0.4) is 0 Å². The Morgan fingerprint density at radius 3 is 2.12 bits per heavy atom. The molecule has 0 radical (unpaired) electrons. The van der Waals surface area contributed by atoms with Crippen LogP contribution >= 0.6 is 0 Å². The number of carbonyl (C=O) groups excluding carboxylic acids is 5. The van der Waals surface area contributed by atoms with Gasteiger partial charge in [0.05, 0.1) is 41.6 Å². The van der Waals surface area contributed by atoms with Crippen LogP contribution in [0.15, 0.2) is 71.8 Å². The van der Waals surface area contributed by atoms with Crippen LogP contribution in [-0.2, 0) is 38.1 Å². The van der Waals surface area contributed by atoms with Gasteiger partial charge in [-0.2, -0.15) is 0 Å². The Hall–Kier alpha value is -4.63. The number of ether oxygens (including phenoxy) is 5. The van der Waals surface area contributed by atoms with Crippen LogP contribution in [0.25, 0.3) is 0 Å². The number of nitrogens with one attached hydrogen (secondary N) is 1. The first kappa shape index (κ1) is 44.9. The number of aliphatic hydroxyl groups excluding tert-OH is 2. The Labute approximate surface area is 350 Å². The number of aliphatic hydroxyl groups is 3. The lowest BCUT2D eigenvalue weighted by atomic mass is 9.40. The van der Waals surface area contributed by atoms with Gasteiger partial charge < -0.3 is 44.3 Å². The molecule has 2 bridgehead atoms. The third-order valence-electron chi connectivity index (χ3n) is 13.7. The predicted octanol–water partition coefficient (Wildman–Crippen LogP) is 5.17. The minimum atomic E-state index is -2.20. The van der Waals surface area contributed by atoms with E-state index in [1.165, 1.54) is 14.0 Å². The fourth-order valence-electron chi connectivity index (χ4n) is 10.8. The lowest BCUT2D eigenvalue weighted by molar-refractivity contribution is -0.297. The van der Waals surface area contributed by atoms with Crippen molar-refractivity contribution in [3.05, 3.63) is 82.9 Å². The maximum absolute atomic E-state index is 15.5. The molecule has 4 aliphatic rings. The van der Waals surface area contributed by atoms with Crippen molar-refractivity contribution in [2.75, 3.05) is 13.7 Å². The first-order chi connectivity index (χ1) is 28.1. The summed E-state index contributed by atoms with van der Waals surface area (Å²) in [7, 11) is 1.47. The molecule has 14 nitrogen and oxygen atoms in total. The number of amides is 1. The van der Waals surface area contributed by atoms with Crippen LogP contribution in [0, 0.1) is 28.6 Å². The number of esters is 3. The highest BCUT2D eigenvalue weighted by atomic mass is 16.6. The number of fused-ring (bicyclic) bond motifs is 5. The number of rotatable bonds is 10. The molecule has 2 aromatic carbocycles. The van der Waals surface area contributed by atoms with E-state index >= 15 is 4.79 Å². The molecule has 326 valence electrons. The number of benzene rings is 2. The van der Waals surface area contributed by atoms with Gasteiger partial charge in [0.15, 0.2) is 11.9 Å². The van der Waals surface area contributed by atoms with Gasteiger partial charge in [-0.05, 0) is 82.7 Å². The second-order valence-corrected chi connectivity index (χ2v) is 18.6. The highest BCUT2D eigenvalue weighted by molar-refractivity contribution is 5.93. The number of hydrogen-bond acceptors (Lipinski definition) is 13. The Morgan fingerprint density at radius 1 is 0.967 bits per heavy atom. The van der Waals surface area contributed by atoms with Crippen LogP contribution in [0.4, 0.5) is 4.79 Å². The fraction of sp³-hybridized carbons (Fsp3) is 0.587. The van der Waals surface area contributed by atoms with Crippen molar-refractivity contribution >= 4 is 29.8 Å². The molecule has 0 heterocycles. The summed E-state index contributed by atoms with van der Waals surface area (Å²) in [6, 6.07) is 15.1. The summed E-state index contributed by atoms with van der Waals surface area (Å²) in [5.41, 5.74) is -6.44. The summed E-state index contributed by atoms with van der Waals surface area (Å²) < 4.78 is 30.5. The summed E-state index contributed by atoms with van der Waals surface area (Å²) in [4.78, 5) is 70.2. The van der Waals surface area contributed by atoms with Gasteiger partial charge in [-0.3, -0.25) is 9.59 Å². The zero-order valence-corrected chi connectivity index (χ0v) is 35.9. The molecule has 3 saturated carbocycles. The van der Waals surface area contributed by atoms with Crippen LogP contribution in [0.5, 0.6) is 0 Å². The molecule has 4 aliphatic carbocycles. The molecular formula is C46H59NO13. The molecule has 1 amide bonds. The zero-order chi connectivity index (χ0) is 44.2. The molecule has 0 saturated heterocycles. The van der Waals surface area contributed by atoms with Gasteiger partial charge in [-0.25, -0.2) is 14.4 Å². The van der Waals surface area contributed by atoms with Gasteiger partial charge in [-0.1, -0.05) is 62.4 Å². The van der Waals surface area contributed by atoms with Gasteiger partial charge in [0, 0.05) is 31.8 Å². The standard InChI is InChI=1S/C46H59NO13/c1-25-31(57-40(53)35(50)34(27-16-12-10-13-17-27)47-41(54)60-42(3,4)5)23-46(55)38(58-39(52)28-18-14-11-15-19-28)36-44(8,37(51)30(24-48)33(25)43(46,6)7)32(56-9)22-29-20-21-45(29,36)59-26(2)49/h10-19,29-32,34-36,38,48,50,55H,20-24H2,1-9H3,(H,47,54)/t29-,30-,31+,32+,34+,35-,36+,38+,44-,45+,46-/m1/s1. The Morgan fingerprint density at radius 2 is 1.58 bits per heavy atom. The van der Waals surface area contributed by atoms with Crippen LogP contribution in [0.2, 0.25) is 0 Å². The van der Waals surface area contributed by atoms with Crippen molar-refractivity contribution in [3.63, 3.8) is 0 Å². The van der Waals surface area contributed by atoms with E-state index in [1.807, 2.05) is 0 Å². The van der Waals surface area contributed by atoms with Crippen molar-refractivity contribution in [3.8, 4) is 0 Å². The molecule has 4 N–H and O–H groups in total. The van der Waals surface area contributed by atoms with E-state index in [4.69, 9.17) is 23.7 Å². The average molecular weight is 834 g/mol. The highest BCUT2D eigenvalue weighted by Gasteiger charge is 2.77. The quantitative estimate of drug-likeness (QED) is 0.139. The maximum atomic E-state index is 15.5. The van der Waals surface area contributed by atoms with E-state index < -0.39 is 113 Å². The van der Waals surface area contributed by atoms with Crippen molar-refractivity contribution < 1.29 is 63.0 Å². The number of methoxy groups -OCH3 is 1. The molecule has 6 rings (SSSR count). The second kappa shape index (κ2) is 16.3. The smallest absolute Gasteiger partial charge is 0.408 e. The summed E-state index contributed by atoms with van der Waals surface area (Å²) in [6.07, 6.45) is -5.87. The first-order valence-corrected chi connectivity index (χ1v) is 20.6. The molecular weight excluding hydrogens is 774 g/mol. The lowest BCUT2D eigenvalue weighted by Crippen LogP contribution is -2.78. The molecule has 0 aromatic heterocycles. The van der Waals surface area contributed by atoms with Gasteiger partial charge in [0.25, 0.3) is 0 Å². The van der Waals surface area contributed by atoms with E-state index in [2.05, 4.69) is 5.32 Å². The zero-order valence-electron chi connectivity index (χ0n) is 35.9. The first-order valence-electron chi connectivity index (χ1n) is 20.6. The SMILES string of the molecule is CO[C@H]1C[C@H]2CC[C@@]2(OC(C)=O)[C@H]2[C@H](OC(=O)c3ccccc3)[C@]3(O)C[C@H](OC(=O)[C@H](O)[C@@H](NC(=O)OC(C)(C)C)c4ccccc4)C(C)=C([C@@H](CO)C(=O)[C@]12C)C3(C)C. The molecule has 0 aliphatic heterocycles. The summed E-state index contributed by atoms with van der Waals surface area (Å²) in [6.45, 7) is 12.2. The van der Waals surface area contributed by atoms with Gasteiger partial charge >= 0.3 is 24.0 Å². The monoisotopic (exact) mass is 833 g/mol. The van der Waals surface area contributed by atoms with Gasteiger partial charge in [-0.15, -0.1) is 0 Å². The summed E-state index contributed by atoms with van der Waals surface area (Å²) >= 11 is 0. The third kappa shape index (κ3) is 7.54. The molecule has 14 heteroatoms. The second-order valence-electron chi connectivity index (χ2n) is 18.6. The Kier molecular flexibility index (Phi) is 12.2. The molecule has 0 unspecified atom stereocenters. The topological polar surface area (TPSA) is 204 Å². The van der Waals surface area contributed by atoms with E-state index in [-0.39, 0.29) is 17.1 Å². The van der Waals surface area contributed by atoms with Crippen LogP contribution in [-0.4, -0.2) is 100 Å². The largest absolute Gasteiger partial charge is 0.458 e. The maximum Gasteiger partial charge on any atom is 0.408 e. The van der Waals surface area contributed by atoms with Crippen molar-refractivity contribution in [2.24, 2.45) is 28.6 Å². The highest BCUT2D eigenvalue weighted by Crippen LogP contribution is 2.68. The Balaban J connectivity index is 1.52. The number of hydrogen-bond donors (Lipinski definition) is 4. The van der Waals surface area contributed by atoms with Crippen molar-refractivity contribution in [1.29, 1.82) is 0 Å². The number of carbonyl (C=O) groups is 5. The van der Waals surface area contributed by atoms with E-state index in [1.54, 1.807) is 109 Å². The molecule has 11 atom stereocenters. The van der Waals surface area contributed by atoms with Crippen molar-refractivity contribution in [2.45, 2.75) is 128 Å². The van der Waals surface area contributed by atoms with Crippen LogP contribution in [0.1, 0.15) is 103 Å². The van der Waals surface area contributed by atoms with Gasteiger partial charge in [0.2, 0.25) is 0 Å². The molecule has 3 fully saturated rings. The van der Waals surface area contributed by atoms with E-state index in [9.17, 15) is 34.5 Å². The minimum Gasteiger partial charge on any atom is -0.458 e. The van der Waals surface area contributed by atoms with E-state index in [0.29, 0.717) is 30.4 Å². The lowest BCUT2D eigenvalue weighted by Gasteiger charge is -2.68. The van der Waals surface area contributed by atoms with Crippen molar-refractivity contribution in [1.82, 2.24) is 5.32 Å².